The molecule has 2 aliphatic heterocycles. The van der Waals surface area contributed by atoms with Gasteiger partial charge in [0.05, 0.1) is 17.3 Å². The molecule has 0 aliphatic carbocycles. The van der Waals surface area contributed by atoms with Gasteiger partial charge in [-0.25, -0.2) is 0 Å². The lowest BCUT2D eigenvalue weighted by molar-refractivity contribution is 0.0660. The maximum absolute atomic E-state index is 12.5. The average molecular weight is 387 g/mol. The number of aryl methyl sites for hydroxylation is 1. The quantitative estimate of drug-likeness (QED) is 0.510. The zero-order valence-corrected chi connectivity index (χ0v) is 15.9. The molecule has 0 unspecified atom stereocenters. The van der Waals surface area contributed by atoms with Crippen LogP contribution in [0.4, 0.5) is 0 Å². The van der Waals surface area contributed by atoms with Crippen molar-refractivity contribution in [3.8, 4) is 17.2 Å². The van der Waals surface area contributed by atoms with E-state index in [9.17, 15) is 9.59 Å². The van der Waals surface area contributed by atoms with Crippen LogP contribution in [0.5, 0.6) is 11.5 Å². The third-order valence-electron chi connectivity index (χ3n) is 5.17. The lowest BCUT2D eigenvalue weighted by atomic mass is 10.1. The molecule has 144 valence electrons. The molecule has 0 spiro atoms. The molecule has 0 radical (unpaired) electrons. The van der Waals surface area contributed by atoms with Crippen LogP contribution < -0.4 is 9.47 Å². The molecule has 7 heteroatoms. The highest BCUT2D eigenvalue weighted by molar-refractivity contribution is 6.21. The summed E-state index contributed by atoms with van der Waals surface area (Å²) in [6.07, 6.45) is 1.55. The van der Waals surface area contributed by atoms with Gasteiger partial charge in [-0.1, -0.05) is 12.1 Å². The molecule has 0 N–H and O–H groups in total. The summed E-state index contributed by atoms with van der Waals surface area (Å²) < 4.78 is 12.9. The average Bonchev–Trinajstić information content (AvgIpc) is 3.37. The second-order valence-electron chi connectivity index (χ2n) is 6.91. The summed E-state index contributed by atoms with van der Waals surface area (Å²) in [7, 11) is 0. The van der Waals surface area contributed by atoms with Gasteiger partial charge in [0.2, 0.25) is 6.79 Å². The predicted octanol–water partition coefficient (Wildman–Crippen LogP) is 3.45. The van der Waals surface area contributed by atoms with Crippen LogP contribution in [0.25, 0.3) is 5.69 Å². The van der Waals surface area contributed by atoms with Crippen LogP contribution in [0.3, 0.4) is 0 Å². The molecule has 2 aromatic carbocycles. The highest BCUT2D eigenvalue weighted by Gasteiger charge is 2.35. The second-order valence-corrected chi connectivity index (χ2v) is 6.91. The first-order valence-corrected chi connectivity index (χ1v) is 9.15. The topological polar surface area (TPSA) is 73.1 Å². The molecule has 1 aromatic heterocycles. The third kappa shape index (κ3) is 2.62. The summed E-state index contributed by atoms with van der Waals surface area (Å²) in [6, 6.07) is 14.5. The van der Waals surface area contributed by atoms with Gasteiger partial charge in [0, 0.05) is 28.7 Å². The molecule has 0 atom stereocenters. The van der Waals surface area contributed by atoms with E-state index < -0.39 is 11.8 Å². The van der Waals surface area contributed by atoms with Gasteiger partial charge in [0.25, 0.3) is 11.8 Å². The lowest BCUT2D eigenvalue weighted by Crippen LogP contribution is -2.24. The van der Waals surface area contributed by atoms with Crippen LogP contribution in [0.15, 0.2) is 53.6 Å². The van der Waals surface area contributed by atoms with E-state index >= 15 is 0 Å². The number of hydrazone groups is 1. The van der Waals surface area contributed by atoms with Crippen molar-refractivity contribution in [2.75, 3.05) is 6.79 Å². The fourth-order valence-electron chi connectivity index (χ4n) is 3.74. The Morgan fingerprint density at radius 1 is 0.931 bits per heavy atom. The molecule has 5 rings (SSSR count). The maximum Gasteiger partial charge on any atom is 0.282 e. The van der Waals surface area contributed by atoms with Gasteiger partial charge in [-0.15, -0.1) is 0 Å². The molecule has 3 heterocycles. The Morgan fingerprint density at radius 3 is 2.34 bits per heavy atom. The summed E-state index contributed by atoms with van der Waals surface area (Å²) in [5, 5.41) is 5.10. The van der Waals surface area contributed by atoms with Crippen LogP contribution in [0.2, 0.25) is 0 Å². The van der Waals surface area contributed by atoms with Gasteiger partial charge in [0.15, 0.2) is 11.5 Å². The normalized spacial score (nSPS) is 14.9. The highest BCUT2D eigenvalue weighted by atomic mass is 16.7. The number of benzene rings is 2. The summed E-state index contributed by atoms with van der Waals surface area (Å²) in [6.45, 7) is 4.17. The highest BCUT2D eigenvalue weighted by Crippen LogP contribution is 2.34. The van der Waals surface area contributed by atoms with Gasteiger partial charge in [-0.3, -0.25) is 9.59 Å². The Labute approximate surface area is 166 Å². The molecule has 0 fully saturated rings. The molecular weight excluding hydrogens is 370 g/mol. The standard InChI is InChI=1S/C22H17N3O4/c1-13-9-15(11-23-25-21(26)17-5-3-4-6-18(17)22(25)27)14(2)24(13)16-7-8-19-20(10-16)29-12-28-19/h3-11H,12H2,1-2H3/b23-11-. The monoisotopic (exact) mass is 387 g/mol. The van der Waals surface area contributed by atoms with Crippen molar-refractivity contribution in [2.24, 2.45) is 5.10 Å². The van der Waals surface area contributed by atoms with E-state index in [-0.39, 0.29) is 6.79 Å². The fraction of sp³-hybridized carbons (Fsp3) is 0.136. The van der Waals surface area contributed by atoms with Crippen LogP contribution >= 0.6 is 0 Å². The Bertz CT molecular complexity index is 1170. The van der Waals surface area contributed by atoms with Crippen molar-refractivity contribution in [1.29, 1.82) is 0 Å². The van der Waals surface area contributed by atoms with Crippen LogP contribution in [-0.4, -0.2) is 34.4 Å². The van der Waals surface area contributed by atoms with Gasteiger partial charge < -0.3 is 14.0 Å². The van der Waals surface area contributed by atoms with Gasteiger partial charge in [0.1, 0.15) is 0 Å². The third-order valence-corrected chi connectivity index (χ3v) is 5.17. The van der Waals surface area contributed by atoms with Gasteiger partial charge in [-0.2, -0.15) is 10.1 Å². The summed E-state index contributed by atoms with van der Waals surface area (Å²) in [5.41, 5.74) is 4.43. The maximum atomic E-state index is 12.5. The number of amides is 2. The van der Waals surface area contributed by atoms with Crippen LogP contribution in [0.1, 0.15) is 37.7 Å². The van der Waals surface area contributed by atoms with Gasteiger partial charge >= 0.3 is 0 Å². The molecule has 2 amide bonds. The number of imide groups is 1. The Kier molecular flexibility index (Phi) is 3.77. The van der Waals surface area contributed by atoms with Crippen molar-refractivity contribution < 1.29 is 19.1 Å². The SMILES string of the molecule is Cc1cc(/C=N\N2C(=O)c3ccccc3C2=O)c(C)n1-c1ccc2c(c1)OCO2. The molecule has 0 saturated heterocycles. The van der Waals surface area contributed by atoms with Crippen molar-refractivity contribution in [1.82, 2.24) is 9.58 Å². The number of fused-ring (bicyclic) bond motifs is 2. The van der Waals surface area contributed by atoms with Crippen molar-refractivity contribution in [2.45, 2.75) is 13.8 Å². The largest absolute Gasteiger partial charge is 0.454 e. The van der Waals surface area contributed by atoms with E-state index in [1.807, 2.05) is 38.1 Å². The number of aromatic nitrogens is 1. The zero-order valence-electron chi connectivity index (χ0n) is 15.9. The molecule has 3 aromatic rings. The predicted molar refractivity (Wildman–Crippen MR) is 106 cm³/mol. The summed E-state index contributed by atoms with van der Waals surface area (Å²) >= 11 is 0. The number of hydrogen-bond donors (Lipinski definition) is 0. The van der Waals surface area contributed by atoms with E-state index in [0.717, 1.165) is 33.4 Å². The first kappa shape index (κ1) is 17.2. The van der Waals surface area contributed by atoms with Crippen molar-refractivity contribution >= 4 is 18.0 Å². The Balaban J connectivity index is 1.47. The number of rotatable bonds is 3. The van der Waals surface area contributed by atoms with E-state index in [0.29, 0.717) is 16.9 Å². The number of ether oxygens (including phenoxy) is 2. The van der Waals surface area contributed by atoms with E-state index in [2.05, 4.69) is 9.67 Å². The number of carbonyl (C=O) groups is 2. The van der Waals surface area contributed by atoms with Crippen molar-refractivity contribution in [3.63, 3.8) is 0 Å². The minimum atomic E-state index is -0.411. The summed E-state index contributed by atoms with van der Waals surface area (Å²) in [4.78, 5) is 25.0. The molecule has 0 bridgehead atoms. The Morgan fingerprint density at radius 2 is 1.62 bits per heavy atom. The molecular formula is C22H17N3O4. The molecule has 29 heavy (non-hydrogen) atoms. The second kappa shape index (κ2) is 6.34. The fourth-order valence-corrected chi connectivity index (χ4v) is 3.74. The number of carbonyl (C=O) groups excluding carboxylic acids is 2. The van der Waals surface area contributed by atoms with E-state index in [1.165, 1.54) is 0 Å². The number of hydrogen-bond acceptors (Lipinski definition) is 5. The van der Waals surface area contributed by atoms with Crippen LogP contribution in [0, 0.1) is 13.8 Å². The van der Waals surface area contributed by atoms with Crippen molar-refractivity contribution in [3.05, 3.63) is 76.6 Å². The molecule has 0 saturated carbocycles. The van der Waals surface area contributed by atoms with E-state index in [1.54, 1.807) is 30.5 Å². The lowest BCUT2D eigenvalue weighted by Gasteiger charge is -2.10. The molecule has 2 aliphatic rings. The number of nitrogens with zero attached hydrogens (tertiary/aromatic N) is 3. The zero-order chi connectivity index (χ0) is 20.1. The minimum Gasteiger partial charge on any atom is -0.454 e. The Hall–Kier alpha value is -3.87. The minimum absolute atomic E-state index is 0.223. The first-order valence-electron chi connectivity index (χ1n) is 9.15. The van der Waals surface area contributed by atoms with Gasteiger partial charge in [-0.05, 0) is 44.2 Å². The smallest absolute Gasteiger partial charge is 0.282 e. The van der Waals surface area contributed by atoms with Crippen LogP contribution in [-0.2, 0) is 0 Å². The summed E-state index contributed by atoms with van der Waals surface area (Å²) in [5.74, 6) is 0.609. The van der Waals surface area contributed by atoms with E-state index in [4.69, 9.17) is 9.47 Å². The molecule has 7 nitrogen and oxygen atoms in total. The first-order chi connectivity index (χ1) is 14.0.